The van der Waals surface area contributed by atoms with Gasteiger partial charge in [-0.05, 0) is 50.7 Å². The van der Waals surface area contributed by atoms with Crippen LogP contribution >= 0.6 is 35.5 Å². The van der Waals surface area contributed by atoms with Gasteiger partial charge in [0, 0.05) is 29.6 Å². The molecule has 162 valence electrons. The number of nitrogens with zero attached hydrogens (tertiary/aromatic N) is 3. The largest absolute Gasteiger partial charge is 0.497 e. The Labute approximate surface area is 191 Å². The molecular formula is C21H26ClN3O3S2. The van der Waals surface area contributed by atoms with Crippen LogP contribution in [0.1, 0.15) is 10.4 Å². The van der Waals surface area contributed by atoms with Crippen molar-refractivity contribution in [3.8, 4) is 11.5 Å². The predicted octanol–water partition coefficient (Wildman–Crippen LogP) is 4.67. The number of likely N-dealkylation sites (N-methyl/N-ethyl adjacent to an activating group) is 1. The molecule has 3 rings (SSSR count). The number of halogens is 1. The Morgan fingerprint density at radius 3 is 2.30 bits per heavy atom. The van der Waals surface area contributed by atoms with Crippen LogP contribution in [0.4, 0.5) is 5.13 Å². The summed E-state index contributed by atoms with van der Waals surface area (Å²) in [6.45, 7) is 1.25. The summed E-state index contributed by atoms with van der Waals surface area (Å²) in [6, 6.07) is 11.4. The molecule has 2 aromatic carbocycles. The van der Waals surface area contributed by atoms with Gasteiger partial charge in [-0.25, -0.2) is 4.98 Å². The molecule has 0 unspecified atom stereocenters. The van der Waals surface area contributed by atoms with Gasteiger partial charge < -0.3 is 14.4 Å². The first-order valence-electron chi connectivity index (χ1n) is 9.09. The highest BCUT2D eigenvalue weighted by Crippen LogP contribution is 2.33. The van der Waals surface area contributed by atoms with Crippen molar-refractivity contribution in [2.45, 2.75) is 4.90 Å². The van der Waals surface area contributed by atoms with Gasteiger partial charge in [-0.3, -0.25) is 9.69 Å². The Bertz CT molecular complexity index is 988. The van der Waals surface area contributed by atoms with Gasteiger partial charge >= 0.3 is 0 Å². The van der Waals surface area contributed by atoms with Crippen LogP contribution in [0.3, 0.4) is 0 Å². The van der Waals surface area contributed by atoms with E-state index in [2.05, 4.69) is 12.1 Å². The molecule has 30 heavy (non-hydrogen) atoms. The normalized spacial score (nSPS) is 10.7. The van der Waals surface area contributed by atoms with E-state index >= 15 is 0 Å². The molecule has 0 saturated carbocycles. The number of aromatic nitrogens is 1. The summed E-state index contributed by atoms with van der Waals surface area (Å²) in [5.41, 5.74) is 1.40. The smallest absolute Gasteiger partial charge is 0.260 e. The number of thiazole rings is 1. The van der Waals surface area contributed by atoms with Crippen LogP contribution in [-0.2, 0) is 0 Å². The molecule has 0 aliphatic rings. The minimum absolute atomic E-state index is 0. The van der Waals surface area contributed by atoms with Crippen molar-refractivity contribution in [1.82, 2.24) is 9.88 Å². The zero-order valence-corrected chi connectivity index (χ0v) is 20.1. The number of amides is 1. The van der Waals surface area contributed by atoms with E-state index in [9.17, 15) is 4.79 Å². The lowest BCUT2D eigenvalue weighted by molar-refractivity contribution is 0.0984. The monoisotopic (exact) mass is 467 g/mol. The maximum Gasteiger partial charge on any atom is 0.260 e. The summed E-state index contributed by atoms with van der Waals surface area (Å²) in [5.74, 6) is 1.02. The average molecular weight is 468 g/mol. The minimum atomic E-state index is -0.131. The van der Waals surface area contributed by atoms with Gasteiger partial charge in [-0.15, -0.1) is 24.2 Å². The number of carbonyl (C=O) groups is 1. The van der Waals surface area contributed by atoms with E-state index < -0.39 is 0 Å². The zero-order chi connectivity index (χ0) is 21.0. The first kappa shape index (κ1) is 24.3. The fourth-order valence-electron chi connectivity index (χ4n) is 2.81. The van der Waals surface area contributed by atoms with Crippen LogP contribution in [0, 0.1) is 0 Å². The van der Waals surface area contributed by atoms with E-state index in [1.54, 1.807) is 49.1 Å². The molecule has 1 amide bonds. The maximum absolute atomic E-state index is 13.5. The molecule has 0 spiro atoms. The van der Waals surface area contributed by atoms with Crippen LogP contribution in [0.2, 0.25) is 0 Å². The van der Waals surface area contributed by atoms with E-state index in [1.807, 2.05) is 31.3 Å². The number of rotatable bonds is 8. The van der Waals surface area contributed by atoms with E-state index in [4.69, 9.17) is 14.5 Å². The lowest BCUT2D eigenvalue weighted by Gasteiger charge is -2.22. The molecule has 0 atom stereocenters. The second-order valence-electron chi connectivity index (χ2n) is 6.69. The molecule has 0 aliphatic heterocycles. The molecular weight excluding hydrogens is 442 g/mol. The molecule has 3 aromatic rings. The zero-order valence-electron chi connectivity index (χ0n) is 17.7. The van der Waals surface area contributed by atoms with Gasteiger partial charge in [0.25, 0.3) is 5.91 Å². The number of hydrogen-bond donors (Lipinski definition) is 0. The highest BCUT2D eigenvalue weighted by molar-refractivity contribution is 7.98. The van der Waals surface area contributed by atoms with E-state index in [1.165, 1.54) is 16.2 Å². The number of carbonyl (C=O) groups excluding carboxylic acids is 1. The predicted molar refractivity (Wildman–Crippen MR) is 128 cm³/mol. The highest BCUT2D eigenvalue weighted by Gasteiger charge is 2.23. The molecule has 0 saturated heterocycles. The number of thioether (sulfide) groups is 1. The standard InChI is InChI=1S/C21H25N3O3S2.ClH/c1-23(2)8-9-24(20(25)14-10-15(26-3)12-16(11-14)27-4)21-22-18-7-6-17(28-5)13-19(18)29-21;/h6-7,10-13H,8-9H2,1-5H3;1H. The van der Waals surface area contributed by atoms with Crippen molar-refractivity contribution < 1.29 is 14.3 Å². The molecule has 9 heteroatoms. The van der Waals surface area contributed by atoms with E-state index in [0.29, 0.717) is 28.7 Å². The van der Waals surface area contributed by atoms with Gasteiger partial charge in [0.15, 0.2) is 5.13 Å². The third-order valence-electron chi connectivity index (χ3n) is 4.43. The second kappa shape index (κ2) is 10.9. The number of fused-ring (bicyclic) bond motifs is 1. The van der Waals surface area contributed by atoms with Crippen LogP contribution < -0.4 is 14.4 Å². The van der Waals surface area contributed by atoms with Gasteiger partial charge in [-0.2, -0.15) is 0 Å². The molecule has 0 radical (unpaired) electrons. The molecule has 1 heterocycles. The SMILES string of the molecule is COc1cc(OC)cc(C(=O)N(CCN(C)C)c2nc3ccc(SC)cc3s2)c1.Cl. The molecule has 0 aliphatic carbocycles. The Morgan fingerprint density at radius 1 is 1.07 bits per heavy atom. The topological polar surface area (TPSA) is 54.9 Å². The third kappa shape index (κ3) is 5.57. The van der Waals surface area contributed by atoms with Crippen molar-refractivity contribution >= 4 is 56.8 Å². The Balaban J connectivity index is 0.00000320. The number of methoxy groups -OCH3 is 2. The van der Waals surface area contributed by atoms with Gasteiger partial charge in [0.1, 0.15) is 11.5 Å². The molecule has 1 aromatic heterocycles. The summed E-state index contributed by atoms with van der Waals surface area (Å²) in [6.07, 6.45) is 2.05. The first-order valence-corrected chi connectivity index (χ1v) is 11.1. The molecule has 6 nitrogen and oxygen atoms in total. The number of benzene rings is 2. The Hall–Kier alpha value is -2.00. The lowest BCUT2D eigenvalue weighted by atomic mass is 10.1. The summed E-state index contributed by atoms with van der Waals surface area (Å²) in [5, 5.41) is 0.687. The molecule has 0 fully saturated rings. The van der Waals surface area contributed by atoms with Gasteiger partial charge in [0.05, 0.1) is 24.4 Å². The molecule has 0 bridgehead atoms. The summed E-state index contributed by atoms with van der Waals surface area (Å²) >= 11 is 3.22. The van der Waals surface area contributed by atoms with Crippen LogP contribution in [-0.4, -0.2) is 63.5 Å². The summed E-state index contributed by atoms with van der Waals surface area (Å²) in [7, 11) is 7.12. The lowest BCUT2D eigenvalue weighted by Crippen LogP contribution is -2.36. The summed E-state index contributed by atoms with van der Waals surface area (Å²) in [4.78, 5) is 23.1. The van der Waals surface area contributed by atoms with Gasteiger partial charge in [-0.1, -0.05) is 11.3 Å². The van der Waals surface area contributed by atoms with Crippen molar-refractivity contribution in [2.75, 3.05) is 52.6 Å². The van der Waals surface area contributed by atoms with Crippen molar-refractivity contribution in [3.05, 3.63) is 42.0 Å². The van der Waals surface area contributed by atoms with Gasteiger partial charge in [0.2, 0.25) is 0 Å². The average Bonchev–Trinajstić information content (AvgIpc) is 3.15. The fraction of sp³-hybridized carbons (Fsp3) is 0.333. The molecule has 0 N–H and O–H groups in total. The fourth-order valence-corrected chi connectivity index (χ4v) is 4.35. The quantitative estimate of drug-likeness (QED) is 0.449. The van der Waals surface area contributed by atoms with Crippen molar-refractivity contribution in [2.24, 2.45) is 0 Å². The number of ether oxygens (including phenoxy) is 2. The van der Waals surface area contributed by atoms with E-state index in [0.717, 1.165) is 16.8 Å². The third-order valence-corrected chi connectivity index (χ3v) is 6.20. The van der Waals surface area contributed by atoms with Crippen molar-refractivity contribution in [3.63, 3.8) is 0 Å². The highest BCUT2D eigenvalue weighted by atomic mass is 35.5. The maximum atomic E-state index is 13.5. The first-order chi connectivity index (χ1) is 13.9. The van der Waals surface area contributed by atoms with Crippen LogP contribution in [0.15, 0.2) is 41.3 Å². The van der Waals surface area contributed by atoms with E-state index in [-0.39, 0.29) is 18.3 Å². The minimum Gasteiger partial charge on any atom is -0.497 e. The Morgan fingerprint density at radius 2 is 1.73 bits per heavy atom. The number of hydrogen-bond acceptors (Lipinski definition) is 7. The Kier molecular flexibility index (Phi) is 8.78. The second-order valence-corrected chi connectivity index (χ2v) is 8.58. The van der Waals surface area contributed by atoms with Crippen LogP contribution in [0.5, 0.6) is 11.5 Å². The summed E-state index contributed by atoms with van der Waals surface area (Å²) < 4.78 is 11.7. The number of anilines is 1. The van der Waals surface area contributed by atoms with Crippen molar-refractivity contribution in [1.29, 1.82) is 0 Å². The van der Waals surface area contributed by atoms with Crippen LogP contribution in [0.25, 0.3) is 10.2 Å².